The van der Waals surface area contributed by atoms with E-state index in [2.05, 4.69) is 9.97 Å². The Balaban J connectivity index is 1.50. The van der Waals surface area contributed by atoms with Crippen LogP contribution in [0.4, 0.5) is 0 Å². The monoisotopic (exact) mass is 806 g/mol. The van der Waals surface area contributed by atoms with Gasteiger partial charge in [-0.25, -0.2) is 29.1 Å². The highest BCUT2D eigenvalue weighted by Crippen LogP contribution is 2.50. The van der Waals surface area contributed by atoms with Gasteiger partial charge in [-0.2, -0.15) is 0 Å². The van der Waals surface area contributed by atoms with Gasteiger partial charge in [0.2, 0.25) is 0 Å². The van der Waals surface area contributed by atoms with Crippen molar-refractivity contribution >= 4 is 64.5 Å². The first kappa shape index (κ1) is 37.8. The summed E-state index contributed by atoms with van der Waals surface area (Å²) in [4.78, 5) is 80.8. The van der Waals surface area contributed by atoms with E-state index in [1.807, 2.05) is 30.3 Å². The van der Waals surface area contributed by atoms with Crippen LogP contribution >= 0.6 is 0 Å². The van der Waals surface area contributed by atoms with Crippen molar-refractivity contribution in [1.82, 2.24) is 19.9 Å². The molecule has 296 valence electrons. The highest BCUT2D eigenvalue weighted by atomic mass is 16.4. The zero-order valence-electron chi connectivity index (χ0n) is 31.6. The van der Waals surface area contributed by atoms with Crippen LogP contribution in [0, 0.1) is 0 Å². The van der Waals surface area contributed by atoms with Gasteiger partial charge in [-0.1, -0.05) is 48.5 Å². The Morgan fingerprint density at radius 3 is 1.43 bits per heavy atom. The Morgan fingerprint density at radius 1 is 0.492 bits per heavy atom. The molecule has 13 nitrogen and oxygen atoms in total. The van der Waals surface area contributed by atoms with E-state index in [-0.39, 0.29) is 33.6 Å². The summed E-state index contributed by atoms with van der Waals surface area (Å²) in [7, 11) is 0. The molecule has 13 heteroatoms. The molecule has 61 heavy (non-hydrogen) atoms. The Labute approximate surface area is 345 Å². The number of ketones is 1. The molecule has 3 aliphatic heterocycles. The number of aromatic carboxylic acids is 4. The van der Waals surface area contributed by atoms with Crippen molar-refractivity contribution in [2.24, 2.45) is 0 Å². The normalized spacial score (nSPS) is 13.3. The van der Waals surface area contributed by atoms with Crippen LogP contribution in [0.25, 0.3) is 46.0 Å². The molecule has 5 heterocycles. The summed E-state index contributed by atoms with van der Waals surface area (Å²) >= 11 is 0. The van der Waals surface area contributed by atoms with E-state index in [0.717, 1.165) is 5.52 Å². The first-order valence-corrected chi connectivity index (χ1v) is 18.7. The highest BCUT2D eigenvalue weighted by molar-refractivity contribution is 6.12. The summed E-state index contributed by atoms with van der Waals surface area (Å²) in [5.74, 6) is -5.17. The lowest BCUT2D eigenvalue weighted by molar-refractivity contribution is 0.0686. The van der Waals surface area contributed by atoms with Gasteiger partial charge >= 0.3 is 23.9 Å². The molecule has 0 unspecified atom stereocenters. The molecular weight excluding hydrogens is 777 g/mol. The van der Waals surface area contributed by atoms with Crippen molar-refractivity contribution in [3.05, 3.63) is 201 Å². The fraction of sp³-hybridized carbons (Fsp3) is 0.0208. The van der Waals surface area contributed by atoms with Crippen LogP contribution in [0.15, 0.2) is 127 Å². The first-order valence-electron chi connectivity index (χ1n) is 18.7. The number of nitrogens with one attached hydrogen (secondary N) is 2. The van der Waals surface area contributed by atoms with Crippen LogP contribution in [0.3, 0.4) is 0 Å². The Hall–Kier alpha value is -8.71. The summed E-state index contributed by atoms with van der Waals surface area (Å²) in [6.45, 7) is 0. The van der Waals surface area contributed by atoms with Gasteiger partial charge in [0.1, 0.15) is 5.41 Å². The largest absolute Gasteiger partial charge is 0.478 e. The van der Waals surface area contributed by atoms with Crippen LogP contribution in [-0.2, 0) is 5.41 Å². The van der Waals surface area contributed by atoms with E-state index in [1.54, 1.807) is 42.5 Å². The molecule has 0 saturated heterocycles. The molecule has 0 fully saturated rings. The van der Waals surface area contributed by atoms with Crippen molar-refractivity contribution in [3.63, 3.8) is 0 Å². The second-order valence-electron chi connectivity index (χ2n) is 14.4. The van der Waals surface area contributed by atoms with Crippen molar-refractivity contribution in [1.29, 1.82) is 0 Å². The summed E-state index contributed by atoms with van der Waals surface area (Å²) in [6.07, 6.45) is 5.38. The molecule has 6 aromatic rings. The van der Waals surface area contributed by atoms with Gasteiger partial charge in [-0.3, -0.25) is 4.79 Å². The van der Waals surface area contributed by atoms with Crippen LogP contribution in [0.1, 0.15) is 97.1 Å². The van der Waals surface area contributed by atoms with Crippen molar-refractivity contribution in [3.8, 4) is 11.1 Å². The van der Waals surface area contributed by atoms with Gasteiger partial charge in [0.25, 0.3) is 0 Å². The van der Waals surface area contributed by atoms with Crippen molar-refractivity contribution < 1.29 is 44.4 Å². The zero-order chi connectivity index (χ0) is 42.6. The summed E-state index contributed by atoms with van der Waals surface area (Å²) in [5.41, 5.74) is 4.21. The molecule has 0 radical (unpaired) electrons. The maximum Gasteiger partial charge on any atom is 0.335 e. The van der Waals surface area contributed by atoms with Crippen LogP contribution < -0.4 is 0 Å². The summed E-state index contributed by atoms with van der Waals surface area (Å²) < 4.78 is 0. The summed E-state index contributed by atoms with van der Waals surface area (Å²) in [5, 5.41) is 39.5. The second kappa shape index (κ2) is 14.6. The molecule has 9 rings (SSSR count). The molecule has 0 saturated carbocycles. The smallest absolute Gasteiger partial charge is 0.335 e. The predicted molar refractivity (Wildman–Crippen MR) is 225 cm³/mol. The van der Waals surface area contributed by atoms with Gasteiger partial charge in [-0.05, 0) is 119 Å². The lowest BCUT2D eigenvalue weighted by Gasteiger charge is -2.31. The number of H-pyrrole nitrogens is 2. The van der Waals surface area contributed by atoms with E-state index in [1.165, 1.54) is 72.8 Å². The van der Waals surface area contributed by atoms with E-state index in [9.17, 15) is 39.6 Å². The number of carbonyl (C=O) groups excluding carboxylic acids is 1. The van der Waals surface area contributed by atoms with Crippen LogP contribution in [0.2, 0.25) is 0 Å². The number of carboxylic acid groups (broad SMARTS) is 4. The fourth-order valence-corrected chi connectivity index (χ4v) is 7.91. The molecule has 2 aromatic heterocycles. The number of carbonyl (C=O) groups is 5. The highest BCUT2D eigenvalue weighted by Gasteiger charge is 2.51. The van der Waals surface area contributed by atoms with E-state index in [4.69, 9.17) is 9.97 Å². The van der Waals surface area contributed by atoms with Gasteiger partial charge in [0, 0.05) is 27.9 Å². The quantitative estimate of drug-likeness (QED) is 0.0854. The minimum atomic E-state index is -1.85. The molecule has 3 aliphatic rings. The SMILES string of the molecule is O=C(O)c1ccc(C2=Cc3cc4ccc(cc5nc(cc6[nH]c(c(-c7ccc(C(=O)O)cc7)c2n3)C(c2ccc(C(=O)O)cc2)(c2ccc(C(=O)O)cc2)C6=O)C=C5)[nH]4)cc1. The molecule has 6 N–H and O–H groups in total. The van der Waals surface area contributed by atoms with Crippen molar-refractivity contribution in [2.45, 2.75) is 5.41 Å². The third kappa shape index (κ3) is 6.61. The van der Waals surface area contributed by atoms with Gasteiger partial charge in [0.15, 0.2) is 5.78 Å². The third-order valence-electron chi connectivity index (χ3n) is 10.8. The lowest BCUT2D eigenvalue weighted by Crippen LogP contribution is -2.36. The third-order valence-corrected chi connectivity index (χ3v) is 10.8. The topological polar surface area (TPSA) is 224 Å². The first-order chi connectivity index (χ1) is 29.4. The molecule has 0 amide bonds. The van der Waals surface area contributed by atoms with E-state index < -0.39 is 35.1 Å². The van der Waals surface area contributed by atoms with Gasteiger partial charge in [0.05, 0.1) is 50.7 Å². The van der Waals surface area contributed by atoms with E-state index >= 15 is 4.79 Å². The number of hydrogen-bond acceptors (Lipinski definition) is 7. The number of fused-ring (bicyclic) bond motifs is 8. The number of benzene rings is 4. The number of rotatable bonds is 8. The Bertz CT molecular complexity index is 3080. The van der Waals surface area contributed by atoms with Crippen LogP contribution in [-0.4, -0.2) is 70.0 Å². The molecule has 0 aliphatic carbocycles. The van der Waals surface area contributed by atoms with Gasteiger partial charge < -0.3 is 30.4 Å². The predicted octanol–water partition coefficient (Wildman–Crippen LogP) is 8.47. The second-order valence-corrected chi connectivity index (χ2v) is 14.4. The average molecular weight is 807 g/mol. The molecule has 4 aromatic carbocycles. The number of aromatic nitrogens is 4. The number of carboxylic acids is 4. The average Bonchev–Trinajstić information content (AvgIpc) is 4.06. The molecule has 0 atom stereocenters. The number of hydrogen-bond donors (Lipinski definition) is 6. The van der Waals surface area contributed by atoms with Gasteiger partial charge in [-0.15, -0.1) is 0 Å². The number of nitrogens with zero attached hydrogens (tertiary/aromatic N) is 2. The number of Topliss-reactive ketones (excluding diaryl/α,β-unsaturated/α-hetero) is 1. The molecular formula is C48H30N4O9. The minimum absolute atomic E-state index is 0.00945. The number of aromatic amines is 2. The fourth-order valence-electron chi connectivity index (χ4n) is 7.91. The van der Waals surface area contributed by atoms with Crippen LogP contribution in [0.5, 0.6) is 0 Å². The molecule has 0 spiro atoms. The maximum absolute atomic E-state index is 15.7. The maximum atomic E-state index is 15.7. The molecule has 8 bridgehead atoms. The summed E-state index contributed by atoms with van der Waals surface area (Å²) in [6, 6.07) is 32.9. The Morgan fingerprint density at radius 2 is 0.934 bits per heavy atom. The van der Waals surface area contributed by atoms with E-state index in [0.29, 0.717) is 61.7 Å². The Kier molecular flexibility index (Phi) is 9.05. The minimum Gasteiger partial charge on any atom is -0.478 e. The zero-order valence-corrected chi connectivity index (χ0v) is 31.6. The lowest BCUT2D eigenvalue weighted by atomic mass is 9.67. The van der Waals surface area contributed by atoms with Crippen molar-refractivity contribution in [2.75, 3.05) is 0 Å². The standard InChI is InChI=1S/C48H30N4O9/c53-43-39-24-36-20-19-34(50-36)21-33-17-18-35(49-33)22-37-23-38(25-1-5-27(6-2-25)44(54)55)41(51-37)40(26-3-7-28(8-4-26)45(56)57)42(52-39)48(43,31-13-9-29(10-14-31)46(58)59)32-15-11-30(12-16-32)47(60)61/h1-24,49,52H,(H,54,55)(H,56,57)(H,58,59)(H,60,61).